The van der Waals surface area contributed by atoms with Gasteiger partial charge in [-0.25, -0.2) is 13.1 Å². The molecule has 0 aliphatic heterocycles. The number of anilines is 1. The van der Waals surface area contributed by atoms with E-state index < -0.39 is 10.0 Å². The predicted molar refractivity (Wildman–Crippen MR) is 141 cm³/mol. The largest absolute Gasteiger partial charge is 0.326 e. The van der Waals surface area contributed by atoms with Crippen LogP contribution in [0.25, 0.3) is 0 Å². The molecule has 0 bridgehead atoms. The van der Waals surface area contributed by atoms with E-state index in [2.05, 4.69) is 39.8 Å². The van der Waals surface area contributed by atoms with E-state index in [0.29, 0.717) is 12.8 Å². The first-order valence-corrected chi connectivity index (χ1v) is 13.8. The summed E-state index contributed by atoms with van der Waals surface area (Å²) in [5, 5.41) is 3.09. The molecule has 3 rings (SSSR count). The van der Waals surface area contributed by atoms with Gasteiger partial charge >= 0.3 is 0 Å². The minimum Gasteiger partial charge on any atom is -0.326 e. The standard InChI is InChI=1S/C27H31BrN2O3S/c1-4-21-17-24(28)18-22(5-2)27(21)29-26(31)16-13-20-11-14-25(15-12-20)34(32,33)30-19(3)23-9-7-6-8-10-23/h6-12,14-15,17-19,30H,4-5,13,16H2,1-3H3,(H,29,31). The highest BCUT2D eigenvalue weighted by molar-refractivity contribution is 9.10. The number of aryl methyl sites for hydroxylation is 3. The molecule has 5 nitrogen and oxygen atoms in total. The first-order valence-electron chi connectivity index (χ1n) is 11.5. The average Bonchev–Trinajstić information content (AvgIpc) is 2.84. The van der Waals surface area contributed by atoms with Crippen LogP contribution in [0.4, 0.5) is 5.69 Å². The third-order valence-corrected chi connectivity index (χ3v) is 7.81. The topological polar surface area (TPSA) is 75.3 Å². The van der Waals surface area contributed by atoms with Gasteiger partial charge in [0.15, 0.2) is 0 Å². The van der Waals surface area contributed by atoms with E-state index in [-0.39, 0.29) is 16.8 Å². The van der Waals surface area contributed by atoms with E-state index in [9.17, 15) is 13.2 Å². The van der Waals surface area contributed by atoms with Gasteiger partial charge in [0, 0.05) is 22.6 Å². The van der Waals surface area contributed by atoms with Crippen LogP contribution in [0.3, 0.4) is 0 Å². The van der Waals surface area contributed by atoms with Gasteiger partial charge < -0.3 is 5.32 Å². The smallest absolute Gasteiger partial charge is 0.241 e. The molecule has 1 unspecified atom stereocenters. The molecule has 0 aromatic heterocycles. The van der Waals surface area contributed by atoms with Crippen LogP contribution in [0.2, 0.25) is 0 Å². The van der Waals surface area contributed by atoms with Gasteiger partial charge in [-0.1, -0.05) is 72.2 Å². The number of amides is 1. The molecule has 0 aliphatic carbocycles. The van der Waals surface area contributed by atoms with E-state index in [0.717, 1.165) is 45.3 Å². The highest BCUT2D eigenvalue weighted by atomic mass is 79.9. The molecule has 2 N–H and O–H groups in total. The number of hydrogen-bond acceptors (Lipinski definition) is 3. The van der Waals surface area contributed by atoms with Crippen LogP contribution in [0, 0.1) is 0 Å². The Morgan fingerprint density at radius 2 is 1.53 bits per heavy atom. The highest BCUT2D eigenvalue weighted by Gasteiger charge is 2.18. The second-order valence-corrected chi connectivity index (χ2v) is 10.9. The van der Waals surface area contributed by atoms with Crippen molar-refractivity contribution < 1.29 is 13.2 Å². The summed E-state index contributed by atoms with van der Waals surface area (Å²) in [5.74, 6) is -0.0539. The van der Waals surface area contributed by atoms with Crippen LogP contribution in [0.5, 0.6) is 0 Å². The van der Waals surface area contributed by atoms with Gasteiger partial charge in [-0.15, -0.1) is 0 Å². The summed E-state index contributed by atoms with van der Waals surface area (Å²) in [5.41, 5.74) is 4.92. The SMILES string of the molecule is CCc1cc(Br)cc(CC)c1NC(=O)CCc1ccc(S(=O)(=O)NC(C)c2ccccc2)cc1. The van der Waals surface area contributed by atoms with E-state index >= 15 is 0 Å². The fourth-order valence-corrected chi connectivity index (χ4v) is 5.63. The van der Waals surface area contributed by atoms with Crippen LogP contribution in [-0.4, -0.2) is 14.3 Å². The number of halogens is 1. The summed E-state index contributed by atoms with van der Waals surface area (Å²) in [6, 6.07) is 19.9. The van der Waals surface area contributed by atoms with Crippen molar-refractivity contribution in [3.8, 4) is 0 Å². The minimum atomic E-state index is -3.65. The molecule has 1 amide bonds. The lowest BCUT2D eigenvalue weighted by molar-refractivity contribution is -0.116. The number of benzene rings is 3. The molecule has 0 saturated heterocycles. The Morgan fingerprint density at radius 3 is 2.09 bits per heavy atom. The van der Waals surface area contributed by atoms with Gasteiger partial charge in [-0.3, -0.25) is 4.79 Å². The van der Waals surface area contributed by atoms with Crippen LogP contribution in [-0.2, 0) is 34.1 Å². The second-order valence-electron chi connectivity index (χ2n) is 8.25. The maximum Gasteiger partial charge on any atom is 0.241 e. The van der Waals surface area contributed by atoms with Gasteiger partial charge in [-0.2, -0.15) is 0 Å². The maximum atomic E-state index is 12.8. The van der Waals surface area contributed by atoms with Crippen molar-refractivity contribution in [2.45, 2.75) is 57.4 Å². The van der Waals surface area contributed by atoms with Gasteiger partial charge in [0.25, 0.3) is 0 Å². The Balaban J connectivity index is 1.61. The molecule has 0 saturated carbocycles. The zero-order valence-electron chi connectivity index (χ0n) is 19.8. The van der Waals surface area contributed by atoms with Crippen LogP contribution in [0.15, 0.2) is 76.1 Å². The van der Waals surface area contributed by atoms with Crippen molar-refractivity contribution in [2.75, 3.05) is 5.32 Å². The lowest BCUT2D eigenvalue weighted by Crippen LogP contribution is -2.26. The van der Waals surface area contributed by atoms with Gasteiger partial charge in [0.05, 0.1) is 4.90 Å². The Bertz CT molecular complexity index is 1200. The van der Waals surface area contributed by atoms with E-state index in [1.54, 1.807) is 24.3 Å². The molecule has 3 aromatic carbocycles. The molecule has 180 valence electrons. The fraction of sp³-hybridized carbons (Fsp3) is 0.296. The lowest BCUT2D eigenvalue weighted by atomic mass is 10.0. The number of nitrogens with one attached hydrogen (secondary N) is 2. The van der Waals surface area contributed by atoms with Crippen molar-refractivity contribution in [2.24, 2.45) is 0 Å². The number of hydrogen-bond donors (Lipinski definition) is 2. The summed E-state index contributed by atoms with van der Waals surface area (Å²) >= 11 is 3.54. The molecule has 0 spiro atoms. The molecule has 3 aromatic rings. The third-order valence-electron chi connectivity index (χ3n) is 5.80. The van der Waals surface area contributed by atoms with Crippen molar-refractivity contribution in [1.82, 2.24) is 4.72 Å². The van der Waals surface area contributed by atoms with Crippen LogP contribution < -0.4 is 10.0 Å². The number of carbonyl (C=O) groups is 1. The fourth-order valence-electron chi connectivity index (χ4n) is 3.85. The maximum absolute atomic E-state index is 12.8. The molecule has 34 heavy (non-hydrogen) atoms. The summed E-state index contributed by atoms with van der Waals surface area (Å²) in [7, 11) is -3.65. The molecule has 0 radical (unpaired) electrons. The van der Waals surface area contributed by atoms with E-state index in [4.69, 9.17) is 0 Å². The summed E-state index contributed by atoms with van der Waals surface area (Å²) in [6.45, 7) is 5.96. The van der Waals surface area contributed by atoms with Crippen LogP contribution >= 0.6 is 15.9 Å². The number of sulfonamides is 1. The first kappa shape index (κ1) is 26.1. The van der Waals surface area contributed by atoms with Crippen molar-refractivity contribution in [1.29, 1.82) is 0 Å². The number of rotatable bonds is 10. The molecule has 1 atom stereocenters. The zero-order chi connectivity index (χ0) is 24.7. The van der Waals surface area contributed by atoms with Gasteiger partial charge in [-0.05, 0) is 72.7 Å². The second kappa shape index (κ2) is 11.8. The first-order chi connectivity index (χ1) is 16.2. The third kappa shape index (κ3) is 6.78. The van der Waals surface area contributed by atoms with Crippen molar-refractivity contribution in [3.05, 3.63) is 93.5 Å². The Morgan fingerprint density at radius 1 is 0.941 bits per heavy atom. The lowest BCUT2D eigenvalue weighted by Gasteiger charge is -2.16. The van der Waals surface area contributed by atoms with Crippen LogP contribution in [0.1, 0.15) is 55.5 Å². The van der Waals surface area contributed by atoms with Gasteiger partial charge in [0.1, 0.15) is 0 Å². The average molecular weight is 544 g/mol. The molecular weight excluding hydrogens is 512 g/mol. The quantitative estimate of drug-likeness (QED) is 0.321. The zero-order valence-corrected chi connectivity index (χ0v) is 22.2. The van der Waals surface area contributed by atoms with Crippen molar-refractivity contribution >= 4 is 37.5 Å². The summed E-state index contributed by atoms with van der Waals surface area (Å²) in [4.78, 5) is 12.9. The predicted octanol–water partition coefficient (Wildman–Crippen LogP) is 6.18. The van der Waals surface area contributed by atoms with E-state index in [1.807, 2.05) is 49.4 Å². The monoisotopic (exact) mass is 542 g/mol. The highest BCUT2D eigenvalue weighted by Crippen LogP contribution is 2.28. The normalized spacial score (nSPS) is 12.4. The van der Waals surface area contributed by atoms with E-state index in [1.165, 1.54) is 0 Å². The Hall–Kier alpha value is -2.48. The van der Waals surface area contributed by atoms with Crippen molar-refractivity contribution in [3.63, 3.8) is 0 Å². The number of carbonyl (C=O) groups excluding carboxylic acids is 1. The molecule has 0 heterocycles. The minimum absolute atomic E-state index is 0.0539. The molecule has 0 aliphatic rings. The molecular formula is C27H31BrN2O3S. The Kier molecular flexibility index (Phi) is 9.05. The summed E-state index contributed by atoms with van der Waals surface area (Å²) in [6.07, 6.45) is 2.50. The summed E-state index contributed by atoms with van der Waals surface area (Å²) < 4.78 is 29.3. The molecule has 7 heteroatoms. The molecule has 0 fully saturated rings. The Labute approximate surface area is 211 Å². The van der Waals surface area contributed by atoms with Gasteiger partial charge in [0.2, 0.25) is 15.9 Å².